The van der Waals surface area contributed by atoms with Crippen LogP contribution in [0.2, 0.25) is 5.02 Å². The topological polar surface area (TPSA) is 62.6 Å². The number of rotatable bonds is 2. The molecule has 1 aliphatic carbocycles. The van der Waals surface area contributed by atoms with Gasteiger partial charge in [0, 0.05) is 22.7 Å². The fraction of sp³-hybridized carbons (Fsp3) is 0.227. The quantitative estimate of drug-likeness (QED) is 0.593. The lowest BCUT2D eigenvalue weighted by molar-refractivity contribution is -0.151. The lowest BCUT2D eigenvalue weighted by Crippen LogP contribution is -2.52. The molecule has 5 rings (SSSR count). The summed E-state index contributed by atoms with van der Waals surface area (Å²) in [5.41, 5.74) is -0.821. The van der Waals surface area contributed by atoms with Crippen molar-refractivity contribution in [2.45, 2.75) is 29.6 Å². The van der Waals surface area contributed by atoms with Gasteiger partial charge in [-0.05, 0) is 29.7 Å². The first-order valence-corrected chi connectivity index (χ1v) is 10.2. The van der Waals surface area contributed by atoms with Crippen LogP contribution < -0.4 is 4.74 Å². The molecule has 0 amide bonds. The van der Waals surface area contributed by atoms with Gasteiger partial charge in [-0.3, -0.25) is 4.98 Å². The Bertz CT molecular complexity index is 1050. The number of hydrogen-bond acceptors (Lipinski definition) is 4. The number of halogens is 2. The Morgan fingerprint density at radius 1 is 1.11 bits per heavy atom. The maximum absolute atomic E-state index is 12.0. The van der Waals surface area contributed by atoms with Gasteiger partial charge in [0.2, 0.25) is 0 Å². The summed E-state index contributed by atoms with van der Waals surface area (Å²) < 4.78 is 7.41. The molecule has 0 radical (unpaired) electrons. The first-order valence-electron chi connectivity index (χ1n) is 9.03. The minimum absolute atomic E-state index is 0.275. The molecule has 4 nitrogen and oxygen atoms in total. The molecule has 3 aromatic rings. The lowest BCUT2D eigenvalue weighted by Gasteiger charge is -2.40. The molecule has 0 bridgehead atoms. The van der Waals surface area contributed by atoms with Crippen LogP contribution in [0.1, 0.15) is 29.2 Å². The van der Waals surface area contributed by atoms with Crippen LogP contribution in [0.4, 0.5) is 0 Å². The molecule has 4 atom stereocenters. The number of aliphatic hydroxyl groups is 2. The third-order valence-electron chi connectivity index (χ3n) is 5.92. The van der Waals surface area contributed by atoms with Crippen molar-refractivity contribution in [2.75, 3.05) is 0 Å². The molecule has 142 valence electrons. The Kier molecular flexibility index (Phi) is 4.07. The van der Waals surface area contributed by atoms with Crippen LogP contribution >= 0.6 is 27.5 Å². The highest BCUT2D eigenvalue weighted by Gasteiger charge is 2.73. The highest BCUT2D eigenvalue weighted by atomic mass is 79.9. The molecule has 0 saturated heterocycles. The van der Waals surface area contributed by atoms with Gasteiger partial charge in [-0.1, -0.05) is 70.0 Å². The largest absolute Gasteiger partial charge is 0.476 e. The Hall–Kier alpha value is -1.92. The molecule has 1 saturated carbocycles. The molecule has 2 aliphatic rings. The van der Waals surface area contributed by atoms with Gasteiger partial charge >= 0.3 is 0 Å². The summed E-state index contributed by atoms with van der Waals surface area (Å²) in [7, 11) is 0. The van der Waals surface area contributed by atoms with E-state index in [9.17, 15) is 10.2 Å². The summed E-state index contributed by atoms with van der Waals surface area (Å²) in [5, 5.41) is 23.4. The maximum atomic E-state index is 12.0. The molecule has 1 aromatic heterocycles. The summed E-state index contributed by atoms with van der Waals surface area (Å²) in [4.78, 5) is 4.36. The van der Waals surface area contributed by atoms with Gasteiger partial charge in [0.15, 0.2) is 11.2 Å². The van der Waals surface area contributed by atoms with Crippen LogP contribution in [0.5, 0.6) is 5.75 Å². The zero-order valence-corrected chi connectivity index (χ0v) is 17.1. The second-order valence-corrected chi connectivity index (χ2v) is 8.68. The van der Waals surface area contributed by atoms with E-state index >= 15 is 0 Å². The predicted octanol–water partition coefficient (Wildman–Crippen LogP) is 4.52. The van der Waals surface area contributed by atoms with Crippen molar-refractivity contribution >= 4 is 27.5 Å². The van der Waals surface area contributed by atoms with Gasteiger partial charge in [-0.15, -0.1) is 0 Å². The highest BCUT2D eigenvalue weighted by molar-refractivity contribution is 9.10. The standard InChI is InChI=1S/C22H17BrClNO3/c23-15-8-6-14(7-9-15)22-17(13-4-2-1-3-5-13)11-19(26)21(22,27)20-18(28-22)10-16(24)12-25-20/h1-10,12,17,19,26-27H,11H2/t17-,19-,21+,22-/m0/s1. The number of nitrogens with zero attached hydrogens (tertiary/aromatic N) is 1. The zero-order chi connectivity index (χ0) is 19.5. The SMILES string of the molecule is O[C@H]1C[C@@H](c2ccccc2)[C@]2(c3ccc(Br)cc3)Oc3cc(Cl)cnc3[C@]12O. The van der Waals surface area contributed by atoms with E-state index < -0.39 is 17.3 Å². The van der Waals surface area contributed by atoms with Crippen molar-refractivity contribution in [1.82, 2.24) is 4.98 Å². The number of hydrogen-bond donors (Lipinski definition) is 2. The summed E-state index contributed by atoms with van der Waals surface area (Å²) >= 11 is 9.60. The van der Waals surface area contributed by atoms with Crippen LogP contribution in [-0.2, 0) is 11.2 Å². The van der Waals surface area contributed by atoms with Crippen molar-refractivity contribution in [3.05, 3.63) is 93.2 Å². The van der Waals surface area contributed by atoms with Gasteiger partial charge in [0.05, 0.1) is 11.1 Å². The van der Waals surface area contributed by atoms with E-state index in [0.717, 1.165) is 15.6 Å². The third-order valence-corrected chi connectivity index (χ3v) is 6.66. The van der Waals surface area contributed by atoms with E-state index in [4.69, 9.17) is 16.3 Å². The van der Waals surface area contributed by atoms with Crippen LogP contribution in [0.3, 0.4) is 0 Å². The van der Waals surface area contributed by atoms with Gasteiger partial charge in [0.1, 0.15) is 11.4 Å². The smallest absolute Gasteiger partial charge is 0.180 e. The molecule has 28 heavy (non-hydrogen) atoms. The summed E-state index contributed by atoms with van der Waals surface area (Å²) in [6.45, 7) is 0. The van der Waals surface area contributed by atoms with E-state index in [-0.39, 0.29) is 5.92 Å². The molecule has 2 N–H and O–H groups in total. The van der Waals surface area contributed by atoms with Crippen molar-refractivity contribution < 1.29 is 14.9 Å². The van der Waals surface area contributed by atoms with Crippen LogP contribution in [0, 0.1) is 0 Å². The van der Waals surface area contributed by atoms with E-state index in [1.807, 2.05) is 54.6 Å². The minimum Gasteiger partial charge on any atom is -0.476 e. The summed E-state index contributed by atoms with van der Waals surface area (Å²) in [6.07, 6.45) is 0.777. The molecule has 6 heteroatoms. The first-order chi connectivity index (χ1) is 13.5. The Morgan fingerprint density at radius 2 is 1.82 bits per heavy atom. The fourth-order valence-electron chi connectivity index (χ4n) is 4.75. The van der Waals surface area contributed by atoms with E-state index in [1.165, 1.54) is 6.20 Å². The van der Waals surface area contributed by atoms with E-state index in [0.29, 0.717) is 22.9 Å². The number of aliphatic hydroxyl groups excluding tert-OH is 1. The molecule has 1 aliphatic heterocycles. The number of aromatic nitrogens is 1. The molecular weight excluding hydrogens is 442 g/mol. The molecule has 1 fully saturated rings. The number of pyridine rings is 1. The molecular formula is C22H17BrClNO3. The van der Waals surface area contributed by atoms with E-state index in [2.05, 4.69) is 20.9 Å². The van der Waals surface area contributed by atoms with E-state index in [1.54, 1.807) is 6.07 Å². The van der Waals surface area contributed by atoms with Crippen molar-refractivity contribution in [1.29, 1.82) is 0 Å². The average Bonchev–Trinajstić information content (AvgIpc) is 3.09. The monoisotopic (exact) mass is 457 g/mol. The number of benzene rings is 2. The van der Waals surface area contributed by atoms with Crippen LogP contribution in [0.15, 0.2) is 71.3 Å². The van der Waals surface area contributed by atoms with Gasteiger partial charge < -0.3 is 14.9 Å². The van der Waals surface area contributed by atoms with Crippen molar-refractivity contribution in [3.8, 4) is 5.75 Å². The number of ether oxygens (including phenoxy) is 1. The molecule has 2 aromatic carbocycles. The zero-order valence-electron chi connectivity index (χ0n) is 14.7. The number of fused-ring (bicyclic) bond motifs is 3. The van der Waals surface area contributed by atoms with Crippen LogP contribution in [0.25, 0.3) is 0 Å². The van der Waals surface area contributed by atoms with Gasteiger partial charge in [-0.2, -0.15) is 0 Å². The predicted molar refractivity (Wildman–Crippen MR) is 109 cm³/mol. The third kappa shape index (κ3) is 2.28. The van der Waals surface area contributed by atoms with Gasteiger partial charge in [0.25, 0.3) is 0 Å². The first kappa shape index (κ1) is 18.1. The fourth-order valence-corrected chi connectivity index (χ4v) is 5.16. The normalized spacial score (nSPS) is 30.6. The summed E-state index contributed by atoms with van der Waals surface area (Å²) in [6, 6.07) is 19.1. The van der Waals surface area contributed by atoms with Crippen LogP contribution in [-0.4, -0.2) is 21.3 Å². The second kappa shape index (κ2) is 6.29. The minimum atomic E-state index is -1.69. The van der Waals surface area contributed by atoms with Gasteiger partial charge in [-0.25, -0.2) is 0 Å². The summed E-state index contributed by atoms with van der Waals surface area (Å²) in [5.74, 6) is 0.125. The molecule has 2 heterocycles. The molecule has 0 spiro atoms. The van der Waals surface area contributed by atoms with Crippen molar-refractivity contribution in [3.63, 3.8) is 0 Å². The lowest BCUT2D eigenvalue weighted by atomic mass is 9.72. The Labute approximate surface area is 175 Å². The average molecular weight is 459 g/mol. The Balaban J connectivity index is 1.80. The Morgan fingerprint density at radius 3 is 2.54 bits per heavy atom. The van der Waals surface area contributed by atoms with Crippen molar-refractivity contribution in [2.24, 2.45) is 0 Å². The second-order valence-electron chi connectivity index (χ2n) is 7.33. The maximum Gasteiger partial charge on any atom is 0.180 e. The molecule has 0 unspecified atom stereocenters. The highest BCUT2D eigenvalue weighted by Crippen LogP contribution is 2.66.